The summed E-state index contributed by atoms with van der Waals surface area (Å²) in [5, 5.41) is 0. The zero-order valence-corrected chi connectivity index (χ0v) is 14.1. The number of esters is 1. The van der Waals surface area contributed by atoms with Gasteiger partial charge in [0.1, 0.15) is 11.8 Å². The number of rotatable bonds is 7. The smallest absolute Gasteiger partial charge is 0.468 e. The molecule has 24 heavy (non-hydrogen) atoms. The zero-order chi connectivity index (χ0) is 18.5. The standard InChI is InChI=1S/C14H18F3NO5S/c1-4-9(2)12(13(19)22-3)18-24(20,21)11-7-5-10(6-8-11)23-14(15,16)17/h5-9,12,18H,4H2,1-3H3/t9-,12+/m0/s1. The molecule has 0 radical (unpaired) electrons. The van der Waals surface area contributed by atoms with Crippen LogP contribution in [0.25, 0.3) is 0 Å². The summed E-state index contributed by atoms with van der Waals surface area (Å²) in [7, 11) is -2.98. The van der Waals surface area contributed by atoms with Gasteiger partial charge in [-0.15, -0.1) is 13.2 Å². The molecule has 0 amide bonds. The van der Waals surface area contributed by atoms with E-state index >= 15 is 0 Å². The number of nitrogens with one attached hydrogen (secondary N) is 1. The van der Waals surface area contributed by atoms with Crippen molar-refractivity contribution in [2.24, 2.45) is 5.92 Å². The molecule has 0 aromatic heterocycles. The molecule has 0 aliphatic carbocycles. The number of carbonyl (C=O) groups is 1. The van der Waals surface area contributed by atoms with E-state index in [1.807, 2.05) is 0 Å². The van der Waals surface area contributed by atoms with E-state index < -0.39 is 34.1 Å². The molecule has 1 N–H and O–H groups in total. The first-order chi connectivity index (χ1) is 11.0. The van der Waals surface area contributed by atoms with E-state index in [1.54, 1.807) is 13.8 Å². The van der Waals surface area contributed by atoms with Crippen LogP contribution in [0.15, 0.2) is 29.2 Å². The number of hydrogen-bond acceptors (Lipinski definition) is 5. The average molecular weight is 369 g/mol. The third kappa shape index (κ3) is 5.68. The summed E-state index contributed by atoms with van der Waals surface area (Å²) < 4.78 is 71.4. The minimum absolute atomic E-state index is 0.297. The Hall–Kier alpha value is -1.81. The number of methoxy groups -OCH3 is 1. The molecular weight excluding hydrogens is 351 g/mol. The number of benzene rings is 1. The Kier molecular flexibility index (Phi) is 6.61. The van der Waals surface area contributed by atoms with Crippen molar-refractivity contribution in [1.82, 2.24) is 4.72 Å². The van der Waals surface area contributed by atoms with Crippen LogP contribution in [0.2, 0.25) is 0 Å². The van der Waals surface area contributed by atoms with Gasteiger partial charge in [-0.1, -0.05) is 20.3 Å². The summed E-state index contributed by atoms with van der Waals surface area (Å²) in [6, 6.07) is 2.55. The van der Waals surface area contributed by atoms with Crippen molar-refractivity contribution in [3.8, 4) is 5.75 Å². The third-order valence-corrected chi connectivity index (χ3v) is 4.77. The van der Waals surface area contributed by atoms with E-state index in [0.717, 1.165) is 31.4 Å². The molecule has 0 bridgehead atoms. The normalized spacial score (nSPS) is 14.8. The lowest BCUT2D eigenvalue weighted by atomic mass is 10.0. The number of halogens is 3. The highest BCUT2D eigenvalue weighted by atomic mass is 32.2. The van der Waals surface area contributed by atoms with Gasteiger partial charge in [0.25, 0.3) is 0 Å². The maximum atomic E-state index is 12.3. The van der Waals surface area contributed by atoms with E-state index in [2.05, 4.69) is 14.2 Å². The van der Waals surface area contributed by atoms with Gasteiger partial charge in [0.05, 0.1) is 12.0 Å². The van der Waals surface area contributed by atoms with Gasteiger partial charge in [0, 0.05) is 0 Å². The Bertz CT molecular complexity index is 658. The molecule has 0 fully saturated rings. The molecule has 1 rings (SSSR count). The summed E-state index contributed by atoms with van der Waals surface area (Å²) in [5.41, 5.74) is 0. The number of alkyl halides is 3. The van der Waals surface area contributed by atoms with Crippen molar-refractivity contribution in [1.29, 1.82) is 0 Å². The molecule has 136 valence electrons. The van der Waals surface area contributed by atoms with Gasteiger partial charge in [0.15, 0.2) is 0 Å². The van der Waals surface area contributed by atoms with Gasteiger partial charge in [-0.25, -0.2) is 8.42 Å². The summed E-state index contributed by atoms with van der Waals surface area (Å²) >= 11 is 0. The highest BCUT2D eigenvalue weighted by Crippen LogP contribution is 2.24. The van der Waals surface area contributed by atoms with Crippen molar-refractivity contribution in [3.05, 3.63) is 24.3 Å². The van der Waals surface area contributed by atoms with Gasteiger partial charge >= 0.3 is 12.3 Å². The molecule has 2 atom stereocenters. The summed E-state index contributed by atoms with van der Waals surface area (Å²) in [6.45, 7) is 3.45. The topological polar surface area (TPSA) is 81.7 Å². The van der Waals surface area contributed by atoms with Crippen LogP contribution in [0.5, 0.6) is 5.75 Å². The molecule has 0 spiro atoms. The highest BCUT2D eigenvalue weighted by Gasteiger charge is 2.32. The molecule has 0 saturated heterocycles. The lowest BCUT2D eigenvalue weighted by Crippen LogP contribution is -2.45. The van der Waals surface area contributed by atoms with Gasteiger partial charge in [-0.05, 0) is 30.2 Å². The molecule has 0 unspecified atom stereocenters. The molecule has 0 aliphatic rings. The number of hydrogen-bond donors (Lipinski definition) is 1. The van der Waals surface area contributed by atoms with Crippen LogP contribution in [-0.2, 0) is 19.6 Å². The second-order valence-electron chi connectivity index (χ2n) is 5.03. The maximum absolute atomic E-state index is 12.3. The SMILES string of the molecule is CC[C@H](C)[C@@H](NS(=O)(=O)c1ccc(OC(F)(F)F)cc1)C(=O)OC. The van der Waals surface area contributed by atoms with E-state index in [0.29, 0.717) is 6.42 Å². The summed E-state index contributed by atoms with van der Waals surface area (Å²) in [4.78, 5) is 11.4. The molecule has 1 aromatic rings. The molecule has 10 heteroatoms. The van der Waals surface area contributed by atoms with Crippen LogP contribution in [0.3, 0.4) is 0 Å². The molecule has 0 saturated carbocycles. The van der Waals surface area contributed by atoms with E-state index in [9.17, 15) is 26.4 Å². The van der Waals surface area contributed by atoms with Crippen LogP contribution in [0.4, 0.5) is 13.2 Å². The lowest BCUT2D eigenvalue weighted by Gasteiger charge is -2.21. The third-order valence-electron chi connectivity index (χ3n) is 3.32. The highest BCUT2D eigenvalue weighted by molar-refractivity contribution is 7.89. The van der Waals surface area contributed by atoms with Crippen LogP contribution in [0, 0.1) is 5.92 Å². The second kappa shape index (κ2) is 7.84. The first-order valence-electron chi connectivity index (χ1n) is 6.96. The number of carbonyl (C=O) groups excluding carboxylic acids is 1. The summed E-state index contributed by atoms with van der Waals surface area (Å²) in [6.07, 6.45) is -4.36. The van der Waals surface area contributed by atoms with Crippen LogP contribution in [0.1, 0.15) is 20.3 Å². The monoisotopic (exact) mass is 369 g/mol. The average Bonchev–Trinajstić information content (AvgIpc) is 2.50. The van der Waals surface area contributed by atoms with E-state index in [-0.39, 0.29) is 10.8 Å². The Morgan fingerprint density at radius 1 is 1.25 bits per heavy atom. The van der Waals surface area contributed by atoms with E-state index in [4.69, 9.17) is 0 Å². The predicted molar refractivity (Wildman–Crippen MR) is 78.7 cm³/mol. The number of sulfonamides is 1. The summed E-state index contributed by atoms with van der Waals surface area (Å²) in [5.74, 6) is -1.63. The fourth-order valence-electron chi connectivity index (χ4n) is 1.81. The predicted octanol–water partition coefficient (Wildman–Crippen LogP) is 2.45. The zero-order valence-electron chi connectivity index (χ0n) is 13.3. The molecule has 0 aliphatic heterocycles. The Balaban J connectivity index is 3.00. The van der Waals surface area contributed by atoms with Crippen LogP contribution in [-0.4, -0.2) is 33.9 Å². The van der Waals surface area contributed by atoms with Crippen LogP contribution >= 0.6 is 0 Å². The fraction of sp³-hybridized carbons (Fsp3) is 0.500. The number of ether oxygens (including phenoxy) is 2. The molecule has 0 heterocycles. The first kappa shape index (κ1) is 20.2. The molecular formula is C14H18F3NO5S. The Labute approximate surface area is 138 Å². The van der Waals surface area contributed by atoms with Gasteiger partial charge in [-0.3, -0.25) is 4.79 Å². The molecule has 6 nitrogen and oxygen atoms in total. The van der Waals surface area contributed by atoms with Crippen molar-refractivity contribution in [2.45, 2.75) is 37.6 Å². The Morgan fingerprint density at radius 3 is 2.21 bits per heavy atom. The van der Waals surface area contributed by atoms with Crippen LogP contribution < -0.4 is 9.46 Å². The van der Waals surface area contributed by atoms with E-state index in [1.165, 1.54) is 0 Å². The van der Waals surface area contributed by atoms with Gasteiger partial charge < -0.3 is 9.47 Å². The first-order valence-corrected chi connectivity index (χ1v) is 8.44. The van der Waals surface area contributed by atoms with Crippen molar-refractivity contribution >= 4 is 16.0 Å². The minimum atomic E-state index is -4.87. The fourth-order valence-corrected chi connectivity index (χ4v) is 3.11. The minimum Gasteiger partial charge on any atom is -0.468 e. The van der Waals surface area contributed by atoms with Crippen molar-refractivity contribution in [2.75, 3.05) is 7.11 Å². The lowest BCUT2D eigenvalue weighted by molar-refractivity contribution is -0.274. The second-order valence-corrected chi connectivity index (χ2v) is 6.74. The quantitative estimate of drug-likeness (QED) is 0.747. The van der Waals surface area contributed by atoms with Crippen molar-refractivity contribution < 1.29 is 35.9 Å². The van der Waals surface area contributed by atoms with Gasteiger partial charge in [-0.2, -0.15) is 4.72 Å². The maximum Gasteiger partial charge on any atom is 0.573 e. The molecule has 1 aromatic carbocycles. The van der Waals surface area contributed by atoms with Crippen molar-refractivity contribution in [3.63, 3.8) is 0 Å². The Morgan fingerprint density at radius 2 is 1.79 bits per heavy atom. The largest absolute Gasteiger partial charge is 0.573 e. The van der Waals surface area contributed by atoms with Gasteiger partial charge in [0.2, 0.25) is 10.0 Å².